The van der Waals surface area contributed by atoms with E-state index in [4.69, 9.17) is 14.8 Å². The van der Waals surface area contributed by atoms with Crippen LogP contribution in [0.5, 0.6) is 0 Å². The maximum absolute atomic E-state index is 13.3. The molecule has 0 bridgehead atoms. The van der Waals surface area contributed by atoms with Crippen LogP contribution in [0.25, 0.3) is 0 Å². The third-order valence-corrected chi connectivity index (χ3v) is 8.01. The molecule has 1 aromatic rings. The Morgan fingerprint density at radius 2 is 1.97 bits per heavy atom. The Balaban J connectivity index is 2.42. The molecule has 0 saturated carbocycles. The smallest absolute Gasteiger partial charge is 0.363 e. The number of nitrogens with zero attached hydrogens (tertiary/aromatic N) is 2. The molecule has 17 heteroatoms. The number of aromatic nitrogens is 1. The van der Waals surface area contributed by atoms with Gasteiger partial charge >= 0.3 is 23.9 Å². The van der Waals surface area contributed by atoms with Crippen LogP contribution >= 0.6 is 18.9 Å². The van der Waals surface area contributed by atoms with Crippen molar-refractivity contribution in [3.63, 3.8) is 0 Å². The van der Waals surface area contributed by atoms with Crippen molar-refractivity contribution >= 4 is 52.2 Å². The summed E-state index contributed by atoms with van der Waals surface area (Å²) in [6.07, 6.45) is 0. The van der Waals surface area contributed by atoms with E-state index < -0.39 is 53.4 Å². The topological polar surface area (TPSA) is 205 Å². The zero-order valence-electron chi connectivity index (χ0n) is 16.6. The lowest BCUT2D eigenvalue weighted by Crippen LogP contribution is -2.74. The van der Waals surface area contributed by atoms with Gasteiger partial charge < -0.3 is 24.8 Å². The molecule has 3 atom stereocenters. The molecule has 31 heavy (non-hydrogen) atoms. The van der Waals surface area contributed by atoms with Crippen LogP contribution in [0.4, 0.5) is 5.13 Å². The summed E-state index contributed by atoms with van der Waals surface area (Å²) < 4.78 is 60.1. The van der Waals surface area contributed by atoms with Gasteiger partial charge in [0, 0.05) is 5.38 Å². The number of methoxy groups -OCH3 is 1. The summed E-state index contributed by atoms with van der Waals surface area (Å²) in [5, 5.41) is 3.54. The highest BCUT2D eigenvalue weighted by molar-refractivity contribution is 7.84. The van der Waals surface area contributed by atoms with E-state index in [1.807, 2.05) is 0 Å². The summed E-state index contributed by atoms with van der Waals surface area (Å²) in [5.74, 6) is -3.61. The number of amides is 2. The largest absolute Gasteiger partial charge is 0.467 e. The Morgan fingerprint density at radius 1 is 1.39 bits per heavy atom. The van der Waals surface area contributed by atoms with Gasteiger partial charge in [-0.2, -0.15) is 12.7 Å². The predicted molar refractivity (Wildman–Crippen MR) is 106 cm³/mol. The normalized spacial score (nSPS) is 20.1. The van der Waals surface area contributed by atoms with Gasteiger partial charge in [0.25, 0.3) is 5.91 Å². The molecule has 1 saturated heterocycles. The molecule has 2 rings (SSSR count). The summed E-state index contributed by atoms with van der Waals surface area (Å²) in [7, 11) is -8.37. The number of anilines is 1. The van der Waals surface area contributed by atoms with Gasteiger partial charge in [0.05, 0.1) is 26.0 Å². The van der Waals surface area contributed by atoms with Crippen LogP contribution in [0.1, 0.15) is 25.2 Å². The summed E-state index contributed by atoms with van der Waals surface area (Å²) in [6.45, 7) is 2.85. The van der Waals surface area contributed by atoms with Crippen LogP contribution in [-0.2, 0) is 43.0 Å². The summed E-state index contributed by atoms with van der Waals surface area (Å²) in [5.41, 5.74) is 3.86. The number of rotatable bonds is 10. The second kappa shape index (κ2) is 9.58. The van der Waals surface area contributed by atoms with Crippen molar-refractivity contribution in [3.8, 4) is 0 Å². The summed E-state index contributed by atoms with van der Waals surface area (Å²) in [4.78, 5) is 41.2. The monoisotopic (exact) mass is 500 g/mol. The first-order chi connectivity index (χ1) is 14.4. The molecule has 0 spiro atoms. The third-order valence-electron chi connectivity index (χ3n) is 4.04. The highest BCUT2D eigenvalue weighted by atomic mass is 32.2. The molecule has 1 unspecified atom stereocenters. The van der Waals surface area contributed by atoms with E-state index >= 15 is 0 Å². The number of nitrogens with two attached hydrogens (primary N) is 1. The molecule has 0 aliphatic carbocycles. The number of thiazole rings is 1. The summed E-state index contributed by atoms with van der Waals surface area (Å²) in [6, 6.07) is -3.59. The maximum Gasteiger partial charge on any atom is 0.363 e. The number of nitrogens with one attached hydrogen (secondary N) is 1. The van der Waals surface area contributed by atoms with Gasteiger partial charge in [0.1, 0.15) is 6.04 Å². The average molecular weight is 500 g/mol. The zero-order chi connectivity index (χ0) is 23.6. The van der Waals surface area contributed by atoms with E-state index in [1.54, 1.807) is 0 Å². The molecular weight excluding hydrogens is 479 g/mol. The van der Waals surface area contributed by atoms with Crippen LogP contribution < -0.4 is 11.1 Å². The highest BCUT2D eigenvalue weighted by Crippen LogP contribution is 2.61. The maximum atomic E-state index is 13.3. The Morgan fingerprint density at radius 3 is 2.39 bits per heavy atom. The molecule has 14 nitrogen and oxygen atoms in total. The van der Waals surface area contributed by atoms with E-state index in [0.717, 1.165) is 18.4 Å². The lowest BCUT2D eigenvalue weighted by molar-refractivity contribution is -0.162. The number of β-lactam (4-membered cyclic amide) rings is 1. The number of carbonyl (C=O) groups excluding carboxylic acids is 3. The van der Waals surface area contributed by atoms with Gasteiger partial charge in [-0.25, -0.2) is 9.78 Å². The zero-order valence-corrected chi connectivity index (χ0v) is 19.1. The Hall–Kier alpha value is -2.10. The minimum Gasteiger partial charge on any atom is -0.467 e. The van der Waals surface area contributed by atoms with E-state index in [0.29, 0.717) is 0 Å². The first-order valence-electron chi connectivity index (χ1n) is 8.69. The first kappa shape index (κ1) is 25.2. The lowest BCUT2D eigenvalue weighted by atomic mass is 9.98. The van der Waals surface area contributed by atoms with Gasteiger partial charge in [0.15, 0.2) is 16.8 Å². The van der Waals surface area contributed by atoms with Crippen molar-refractivity contribution in [1.29, 1.82) is 0 Å². The molecule has 174 valence electrons. The van der Waals surface area contributed by atoms with Gasteiger partial charge in [-0.15, -0.1) is 11.3 Å². The number of esters is 1. The second-order valence-electron chi connectivity index (χ2n) is 5.95. The fourth-order valence-electron chi connectivity index (χ4n) is 2.86. The Kier molecular flexibility index (Phi) is 7.78. The molecule has 2 amide bonds. The van der Waals surface area contributed by atoms with Crippen molar-refractivity contribution in [3.05, 3.63) is 11.1 Å². The van der Waals surface area contributed by atoms with Crippen molar-refractivity contribution in [2.24, 2.45) is 0 Å². The number of hydrogen-bond donors (Lipinski definition) is 3. The van der Waals surface area contributed by atoms with E-state index in [2.05, 4.69) is 15.0 Å². The number of nitrogen functional groups attached to an aromatic ring is 1. The van der Waals surface area contributed by atoms with Gasteiger partial charge in [-0.05, 0) is 13.8 Å². The fraction of sp³-hybridized carbons (Fsp3) is 0.571. The molecule has 1 aliphatic rings. The molecule has 2 heterocycles. The molecule has 1 aromatic heterocycles. The van der Waals surface area contributed by atoms with E-state index in [9.17, 15) is 31.9 Å². The van der Waals surface area contributed by atoms with Crippen LogP contribution in [-0.4, -0.2) is 72.5 Å². The average Bonchev–Trinajstić information content (AvgIpc) is 3.08. The molecular formula is C14H21N4O10PS2. The number of carbonyl (C=O) groups is 3. The van der Waals surface area contributed by atoms with Gasteiger partial charge in [-0.3, -0.25) is 18.7 Å². The second-order valence-corrected chi connectivity index (χ2v) is 10.2. The van der Waals surface area contributed by atoms with Crippen LogP contribution in [0.3, 0.4) is 0 Å². The predicted octanol–water partition coefficient (Wildman–Crippen LogP) is -0.296. The van der Waals surface area contributed by atoms with Gasteiger partial charge in [0.2, 0.25) is 5.91 Å². The van der Waals surface area contributed by atoms with Crippen LogP contribution in [0.15, 0.2) is 5.38 Å². The quantitative estimate of drug-likeness (QED) is 0.164. The molecule has 0 radical (unpaired) electrons. The number of hydrogen-bond acceptors (Lipinski definition) is 12. The van der Waals surface area contributed by atoms with E-state index in [1.165, 1.54) is 19.2 Å². The minimum atomic E-state index is -5.10. The SMILES string of the molecule is CCOP(=O)(OCC)C(C(=O)N[C@@H]1C(=O)N(S(=O)(=O)O)[C@@H]1C(=O)OC)c1csc(N)n1. The highest BCUT2D eigenvalue weighted by Gasteiger charge is 2.59. The Bertz CT molecular complexity index is 1000. The van der Waals surface area contributed by atoms with Crippen molar-refractivity contribution in [2.45, 2.75) is 31.6 Å². The molecule has 4 N–H and O–H groups in total. The van der Waals surface area contributed by atoms with Crippen LogP contribution in [0, 0.1) is 0 Å². The Labute approximate surface area is 181 Å². The lowest BCUT2D eigenvalue weighted by Gasteiger charge is -2.42. The molecule has 1 aliphatic heterocycles. The summed E-state index contributed by atoms with van der Waals surface area (Å²) >= 11 is 0.947. The van der Waals surface area contributed by atoms with Gasteiger partial charge in [-0.1, -0.05) is 0 Å². The third kappa shape index (κ3) is 5.05. The molecule has 0 aromatic carbocycles. The number of ether oxygens (including phenoxy) is 1. The van der Waals surface area contributed by atoms with Crippen molar-refractivity contribution in [2.75, 3.05) is 26.1 Å². The molecule has 1 fully saturated rings. The standard InChI is InChI=1S/C14H21N4O10PS2/c1-4-27-29(22,28-5-2)10(7-6-30-14(15)16-7)11(19)17-8-9(13(21)26-3)18(12(8)20)31(23,24)25/h6,8-10H,4-5H2,1-3H3,(H2,15,16)(H,17,19)(H,23,24,25)/t8-,9-,10?/m0/s1. The van der Waals surface area contributed by atoms with Crippen molar-refractivity contribution in [1.82, 2.24) is 14.6 Å². The van der Waals surface area contributed by atoms with E-state index in [-0.39, 0.29) is 28.3 Å². The first-order valence-corrected chi connectivity index (χ1v) is 12.6. The van der Waals surface area contributed by atoms with Crippen LogP contribution in [0.2, 0.25) is 0 Å². The fourth-order valence-corrected chi connectivity index (χ4v) is 6.29. The van der Waals surface area contributed by atoms with Crippen molar-refractivity contribution < 1.29 is 45.7 Å². The minimum absolute atomic E-state index is 0.0528.